The van der Waals surface area contributed by atoms with Gasteiger partial charge in [0.05, 0.1) is 35.8 Å². The number of ether oxygens (including phenoxy) is 1. The van der Waals surface area contributed by atoms with Crippen LogP contribution in [0, 0.1) is 11.8 Å². The van der Waals surface area contributed by atoms with Gasteiger partial charge in [-0.2, -0.15) is 0 Å². The zero-order chi connectivity index (χ0) is 25.7. The second-order valence-corrected chi connectivity index (χ2v) is 11.6. The Labute approximate surface area is 220 Å². The van der Waals surface area contributed by atoms with E-state index in [1.54, 1.807) is 9.80 Å². The molecule has 8 heteroatoms. The Kier molecular flexibility index (Phi) is 6.12. The van der Waals surface area contributed by atoms with Crippen LogP contribution in [0.4, 0.5) is 5.69 Å². The van der Waals surface area contributed by atoms with Crippen LogP contribution in [-0.4, -0.2) is 69.6 Å². The van der Waals surface area contributed by atoms with Gasteiger partial charge in [0.15, 0.2) is 0 Å². The third-order valence-electron chi connectivity index (χ3n) is 8.18. The van der Waals surface area contributed by atoms with Gasteiger partial charge in [-0.3, -0.25) is 14.4 Å². The van der Waals surface area contributed by atoms with Crippen molar-refractivity contribution in [2.45, 2.75) is 41.8 Å². The van der Waals surface area contributed by atoms with Gasteiger partial charge in [-0.05, 0) is 35.7 Å². The summed E-state index contributed by atoms with van der Waals surface area (Å²) in [4.78, 5) is 45.1. The van der Waals surface area contributed by atoms with Crippen LogP contribution in [0.5, 0.6) is 0 Å². The van der Waals surface area contributed by atoms with E-state index in [4.69, 9.17) is 4.74 Å². The lowest BCUT2D eigenvalue weighted by molar-refractivity contribution is -0.153. The number of nitrogens with zero attached hydrogens (tertiary/aromatic N) is 2. The number of carbonyl (C=O) groups excluding carboxylic acids is 3. The molecule has 0 radical (unpaired) electrons. The summed E-state index contributed by atoms with van der Waals surface area (Å²) >= 11 is 1.52. The number of likely N-dealkylation sites (tertiary alicyclic amines) is 1. The molecule has 2 fully saturated rings. The summed E-state index contributed by atoms with van der Waals surface area (Å²) in [6.45, 7) is 2.28. The van der Waals surface area contributed by atoms with Crippen LogP contribution in [0.25, 0.3) is 10.8 Å². The summed E-state index contributed by atoms with van der Waals surface area (Å²) in [6, 6.07) is 12.6. The first kappa shape index (κ1) is 24.2. The first-order chi connectivity index (χ1) is 18.0. The predicted octanol–water partition coefficient (Wildman–Crippen LogP) is 3.31. The first-order valence-corrected chi connectivity index (χ1v) is 13.8. The Morgan fingerprint density at radius 3 is 2.70 bits per heavy atom. The fraction of sp³-hybridized carbons (Fsp3) is 0.414. The number of anilines is 1. The molecule has 192 valence electrons. The van der Waals surface area contributed by atoms with Gasteiger partial charge in [0, 0.05) is 17.5 Å². The molecule has 6 rings (SSSR count). The minimum absolute atomic E-state index is 0.192. The molecule has 1 N–H and O–H groups in total. The fourth-order valence-corrected chi connectivity index (χ4v) is 8.42. The molecule has 2 amide bonds. The fourth-order valence-electron chi connectivity index (χ4n) is 6.43. The average Bonchev–Trinajstić information content (AvgIpc) is 3.28. The van der Waals surface area contributed by atoms with E-state index in [1.165, 1.54) is 11.8 Å². The van der Waals surface area contributed by atoms with Crippen LogP contribution < -0.4 is 4.90 Å². The second-order valence-electron chi connectivity index (χ2n) is 10.1. The Hall–Kier alpha value is -3.10. The monoisotopic (exact) mass is 518 g/mol. The third-order valence-corrected chi connectivity index (χ3v) is 9.92. The van der Waals surface area contributed by atoms with Gasteiger partial charge < -0.3 is 19.6 Å². The minimum atomic E-state index is -0.925. The van der Waals surface area contributed by atoms with E-state index < -0.39 is 28.7 Å². The van der Waals surface area contributed by atoms with E-state index in [0.717, 1.165) is 16.5 Å². The van der Waals surface area contributed by atoms with E-state index in [2.05, 4.69) is 0 Å². The number of cyclic esters (lactones) is 1. The van der Waals surface area contributed by atoms with E-state index in [-0.39, 0.29) is 36.2 Å². The molecule has 1 unspecified atom stereocenters. The van der Waals surface area contributed by atoms with Crippen LogP contribution in [0.3, 0.4) is 0 Å². The summed E-state index contributed by atoms with van der Waals surface area (Å²) in [5.74, 6) is -2.24. The molecule has 4 aliphatic rings. The zero-order valence-corrected chi connectivity index (χ0v) is 21.5. The summed E-state index contributed by atoms with van der Waals surface area (Å²) in [7, 11) is 0. The van der Waals surface area contributed by atoms with Crippen molar-refractivity contribution in [2.75, 3.05) is 24.7 Å². The van der Waals surface area contributed by atoms with E-state index in [9.17, 15) is 19.5 Å². The van der Waals surface area contributed by atoms with Gasteiger partial charge in [0.1, 0.15) is 6.04 Å². The lowest BCUT2D eigenvalue weighted by atomic mass is 9.78. The number of rotatable bonds is 4. The molecular formula is C29H30N2O5S. The first-order valence-electron chi connectivity index (χ1n) is 12.9. The molecule has 0 aliphatic carbocycles. The molecule has 0 saturated carbocycles. The zero-order valence-electron chi connectivity index (χ0n) is 20.7. The Morgan fingerprint density at radius 1 is 1.11 bits per heavy atom. The lowest BCUT2D eigenvalue weighted by Crippen LogP contribution is -2.56. The van der Waals surface area contributed by atoms with Crippen LogP contribution in [0.2, 0.25) is 0 Å². The van der Waals surface area contributed by atoms with Gasteiger partial charge in [0.2, 0.25) is 5.91 Å². The number of amides is 2. The maximum Gasteiger partial charge on any atom is 0.311 e. The number of aliphatic hydroxyl groups is 1. The Bertz CT molecular complexity index is 1320. The molecule has 37 heavy (non-hydrogen) atoms. The van der Waals surface area contributed by atoms with Crippen molar-refractivity contribution < 1.29 is 24.2 Å². The summed E-state index contributed by atoms with van der Waals surface area (Å²) in [5.41, 5.74) is 0.756. The topological polar surface area (TPSA) is 87.2 Å². The molecule has 2 aromatic carbocycles. The summed E-state index contributed by atoms with van der Waals surface area (Å²) < 4.78 is 4.60. The smallest absolute Gasteiger partial charge is 0.311 e. The van der Waals surface area contributed by atoms with E-state index >= 15 is 0 Å². The highest BCUT2D eigenvalue weighted by Crippen LogP contribution is 2.61. The minimum Gasteiger partial charge on any atom is -0.465 e. The maximum atomic E-state index is 14.5. The van der Waals surface area contributed by atoms with Crippen molar-refractivity contribution in [2.24, 2.45) is 11.8 Å². The van der Waals surface area contributed by atoms with E-state index in [1.807, 2.05) is 73.7 Å². The van der Waals surface area contributed by atoms with Crippen molar-refractivity contribution >= 4 is 46.0 Å². The molecule has 6 atom stereocenters. The van der Waals surface area contributed by atoms with Crippen LogP contribution in [0.1, 0.15) is 19.8 Å². The van der Waals surface area contributed by atoms with Gasteiger partial charge in [0.25, 0.3) is 5.91 Å². The van der Waals surface area contributed by atoms with Crippen LogP contribution >= 0.6 is 11.8 Å². The predicted molar refractivity (Wildman–Crippen MR) is 143 cm³/mol. The summed E-state index contributed by atoms with van der Waals surface area (Å²) in [6.07, 6.45) is 9.07. The highest BCUT2D eigenvalue weighted by Gasteiger charge is 2.71. The Morgan fingerprint density at radius 2 is 1.92 bits per heavy atom. The molecule has 2 saturated heterocycles. The van der Waals surface area contributed by atoms with Crippen molar-refractivity contribution in [3.8, 4) is 0 Å². The molecular weight excluding hydrogens is 488 g/mol. The van der Waals surface area contributed by atoms with Crippen LogP contribution in [0.15, 0.2) is 66.8 Å². The van der Waals surface area contributed by atoms with Gasteiger partial charge >= 0.3 is 5.97 Å². The number of fused-ring (bicyclic) bond motifs is 3. The molecule has 0 bridgehead atoms. The average molecular weight is 519 g/mol. The highest BCUT2D eigenvalue weighted by atomic mass is 32.2. The lowest BCUT2D eigenvalue weighted by Gasteiger charge is -2.38. The summed E-state index contributed by atoms with van der Waals surface area (Å²) in [5, 5.41) is 12.1. The standard InChI is InChI=1S/C29H30N2O5S/c1-2-20(17-32)31-25-27(34)30(21-12-11-18-8-3-4-9-19(18)16-21)14-7-13-29(25)24(26(31)33)23-22(37-29)10-5-6-15-36-28(23)35/h3-5,7-13,16,20,22-25,32H,2,6,14-15,17H2,1H3/t20-,22+,23-,24-,25?,29-/m0/s1. The van der Waals surface area contributed by atoms with Crippen molar-refractivity contribution in [1.82, 2.24) is 4.90 Å². The van der Waals surface area contributed by atoms with Crippen molar-refractivity contribution in [1.29, 1.82) is 0 Å². The van der Waals surface area contributed by atoms with Gasteiger partial charge in [-0.1, -0.05) is 61.6 Å². The molecule has 4 aliphatic heterocycles. The number of esters is 1. The number of carbonyl (C=O) groups is 3. The number of aliphatic hydroxyl groups excluding tert-OH is 1. The highest BCUT2D eigenvalue weighted by molar-refractivity contribution is 8.02. The molecule has 2 aromatic rings. The van der Waals surface area contributed by atoms with Gasteiger partial charge in [-0.15, -0.1) is 11.8 Å². The van der Waals surface area contributed by atoms with Crippen LogP contribution in [-0.2, 0) is 19.1 Å². The number of benzene rings is 2. The molecule has 1 spiro atoms. The van der Waals surface area contributed by atoms with E-state index in [0.29, 0.717) is 19.4 Å². The second kappa shape index (κ2) is 9.33. The number of hydrogen-bond donors (Lipinski definition) is 1. The van der Waals surface area contributed by atoms with Gasteiger partial charge in [-0.25, -0.2) is 0 Å². The largest absolute Gasteiger partial charge is 0.465 e. The number of hydrogen-bond acceptors (Lipinski definition) is 6. The quantitative estimate of drug-likeness (QED) is 0.494. The molecule has 0 aromatic heterocycles. The Balaban J connectivity index is 1.48. The number of thioether (sulfide) groups is 1. The molecule has 4 heterocycles. The maximum absolute atomic E-state index is 14.5. The van der Waals surface area contributed by atoms with Crippen molar-refractivity contribution in [3.63, 3.8) is 0 Å². The van der Waals surface area contributed by atoms with Crippen molar-refractivity contribution in [3.05, 3.63) is 66.8 Å². The SMILES string of the molecule is CC[C@@H](CO)N1C(=O)[C@@H]2[C@H]3C(=O)OCCC=C[C@H]3S[C@@]23C=CCN(c2ccc4ccccc4c2)C(=O)C13. The normalized spacial score (nSPS) is 31.9. The third kappa shape index (κ3) is 3.64. The molecule has 7 nitrogen and oxygen atoms in total.